The van der Waals surface area contributed by atoms with E-state index in [-0.39, 0.29) is 0 Å². The molecule has 0 unspecified atom stereocenters. The summed E-state index contributed by atoms with van der Waals surface area (Å²) in [7, 11) is -2.85. The van der Waals surface area contributed by atoms with E-state index in [2.05, 4.69) is 62.5 Å². The monoisotopic (exact) mass is 253 g/mol. The summed E-state index contributed by atoms with van der Waals surface area (Å²) in [4.78, 5) is 3.61. The van der Waals surface area contributed by atoms with Gasteiger partial charge in [0.1, 0.15) is 14.0 Å². The van der Waals surface area contributed by atoms with Gasteiger partial charge in [-0.15, -0.1) is 0 Å². The molecule has 0 saturated heterocycles. The van der Waals surface area contributed by atoms with E-state index < -0.39 is 16.6 Å². The van der Waals surface area contributed by atoms with Gasteiger partial charge in [0.05, 0.1) is 5.69 Å². The van der Waals surface area contributed by atoms with Gasteiger partial charge in [-0.25, -0.2) is 0 Å². The van der Waals surface area contributed by atoms with Crippen molar-refractivity contribution >= 4 is 22.2 Å². The summed E-state index contributed by atoms with van der Waals surface area (Å²) in [5, 5.41) is 0. The molecule has 0 aliphatic heterocycles. The second kappa shape index (κ2) is 4.63. The molecule has 0 amide bonds. The van der Waals surface area contributed by atoms with Crippen molar-refractivity contribution in [1.82, 2.24) is 0 Å². The smallest absolute Gasteiger partial charge is 0.242 e. The number of rotatable bonds is 4. The Labute approximate surface area is 101 Å². The van der Waals surface area contributed by atoms with Gasteiger partial charge in [-0.1, -0.05) is 31.8 Å². The van der Waals surface area contributed by atoms with Crippen molar-refractivity contribution in [3.05, 3.63) is 24.3 Å². The summed E-state index contributed by atoms with van der Waals surface area (Å²) in [6.07, 6.45) is 0. The highest BCUT2D eigenvalue weighted by Crippen LogP contribution is 2.28. The molecule has 0 aliphatic carbocycles. The second-order valence-electron chi connectivity index (χ2n) is 6.09. The van der Waals surface area contributed by atoms with E-state index in [1.807, 2.05) is 6.07 Å². The van der Waals surface area contributed by atoms with Crippen LogP contribution in [-0.2, 0) is 0 Å². The predicted molar refractivity (Wildman–Crippen MR) is 77.4 cm³/mol. The molecule has 0 heterocycles. The molecule has 16 heavy (non-hydrogen) atoms. The maximum absolute atomic E-state index is 6.08. The van der Waals surface area contributed by atoms with E-state index in [0.29, 0.717) is 0 Å². The Bertz CT molecular complexity index is 318. The number of nitrogens with one attached hydrogen (secondary N) is 1. The maximum atomic E-state index is 6.08. The molecule has 1 aromatic rings. The van der Waals surface area contributed by atoms with Gasteiger partial charge in [0.15, 0.2) is 0 Å². The Morgan fingerprint density at radius 1 is 0.938 bits per heavy atom. The zero-order valence-electron chi connectivity index (χ0n) is 11.2. The van der Waals surface area contributed by atoms with E-state index in [0.717, 1.165) is 11.4 Å². The van der Waals surface area contributed by atoms with Crippen LogP contribution in [0.2, 0.25) is 39.3 Å². The van der Waals surface area contributed by atoms with Crippen LogP contribution in [0.4, 0.5) is 5.69 Å². The van der Waals surface area contributed by atoms with Crippen LogP contribution in [0.15, 0.2) is 24.3 Å². The summed E-state index contributed by atoms with van der Waals surface area (Å²) < 4.78 is 6.08. The summed E-state index contributed by atoms with van der Waals surface area (Å²) in [6, 6.07) is 8.25. The van der Waals surface area contributed by atoms with Crippen LogP contribution in [0.1, 0.15) is 0 Å². The normalized spacial score (nSPS) is 12.4. The number of hydrogen-bond donors (Lipinski definition) is 1. The van der Waals surface area contributed by atoms with Gasteiger partial charge in [0.25, 0.3) is 0 Å². The Balaban J connectivity index is 2.92. The third kappa shape index (κ3) is 4.85. The van der Waals surface area contributed by atoms with Gasteiger partial charge in [-0.3, -0.25) is 0 Å². The Morgan fingerprint density at radius 2 is 1.50 bits per heavy atom. The average Bonchev–Trinajstić information content (AvgIpc) is 2.03. The van der Waals surface area contributed by atoms with E-state index in [1.165, 1.54) is 0 Å². The summed E-state index contributed by atoms with van der Waals surface area (Å²) in [5.74, 6) is 1.00. The van der Waals surface area contributed by atoms with Gasteiger partial charge in [0.2, 0.25) is 8.32 Å². The SMILES string of the molecule is C[Si](C)(C)Nc1ccccc1O[Si](C)(C)C. The lowest BCUT2D eigenvalue weighted by Crippen LogP contribution is -2.34. The molecular weight excluding hydrogens is 230 g/mol. The summed E-state index contributed by atoms with van der Waals surface area (Å²) in [5.41, 5.74) is 1.14. The molecule has 1 aromatic carbocycles. The molecule has 0 saturated carbocycles. The van der Waals surface area contributed by atoms with Crippen molar-refractivity contribution in [2.24, 2.45) is 0 Å². The minimum Gasteiger partial charge on any atom is -0.543 e. The molecule has 1 rings (SSSR count). The van der Waals surface area contributed by atoms with Crippen molar-refractivity contribution < 1.29 is 4.43 Å². The highest BCUT2D eigenvalue weighted by Gasteiger charge is 2.20. The quantitative estimate of drug-likeness (QED) is 0.814. The van der Waals surface area contributed by atoms with Crippen molar-refractivity contribution in [3.63, 3.8) is 0 Å². The first-order valence-corrected chi connectivity index (χ1v) is 12.6. The standard InChI is InChI=1S/C12H23NOSi2/c1-15(2,3)13-11-9-7-8-10-12(11)14-16(4,5)6/h7-10,13H,1-6H3. The van der Waals surface area contributed by atoms with E-state index in [1.54, 1.807) is 0 Å². The van der Waals surface area contributed by atoms with Crippen molar-refractivity contribution in [2.75, 3.05) is 4.98 Å². The van der Waals surface area contributed by atoms with E-state index in [9.17, 15) is 0 Å². The first-order chi connectivity index (χ1) is 7.17. The Kier molecular flexibility index (Phi) is 3.85. The van der Waals surface area contributed by atoms with Crippen LogP contribution in [0.25, 0.3) is 0 Å². The topological polar surface area (TPSA) is 21.3 Å². The molecular formula is C12H23NOSi2. The fraction of sp³-hybridized carbons (Fsp3) is 0.500. The van der Waals surface area contributed by atoms with Crippen LogP contribution in [-0.4, -0.2) is 16.6 Å². The van der Waals surface area contributed by atoms with Crippen LogP contribution in [0.5, 0.6) is 5.75 Å². The number of para-hydroxylation sites is 2. The van der Waals surface area contributed by atoms with Gasteiger partial charge >= 0.3 is 0 Å². The molecule has 0 bridgehead atoms. The van der Waals surface area contributed by atoms with Crippen LogP contribution >= 0.6 is 0 Å². The number of hydrogen-bond acceptors (Lipinski definition) is 2. The average molecular weight is 253 g/mol. The third-order valence-corrected chi connectivity index (χ3v) is 3.66. The van der Waals surface area contributed by atoms with Crippen molar-refractivity contribution in [3.8, 4) is 5.75 Å². The highest BCUT2D eigenvalue weighted by atomic mass is 28.4. The lowest BCUT2D eigenvalue weighted by molar-refractivity contribution is 0.560. The largest absolute Gasteiger partial charge is 0.543 e. The van der Waals surface area contributed by atoms with Crippen LogP contribution in [0, 0.1) is 0 Å². The Morgan fingerprint density at radius 3 is 2.00 bits per heavy atom. The molecule has 4 heteroatoms. The lowest BCUT2D eigenvalue weighted by Gasteiger charge is -2.26. The summed E-state index contributed by atoms with van der Waals surface area (Å²) >= 11 is 0. The minimum atomic E-state index is -1.53. The van der Waals surface area contributed by atoms with Crippen molar-refractivity contribution in [2.45, 2.75) is 39.3 Å². The fourth-order valence-corrected chi connectivity index (χ4v) is 3.25. The zero-order chi connectivity index (χ0) is 12.4. The van der Waals surface area contributed by atoms with Crippen LogP contribution < -0.4 is 9.41 Å². The molecule has 0 radical (unpaired) electrons. The van der Waals surface area contributed by atoms with Gasteiger partial charge in [-0.05, 0) is 31.8 Å². The predicted octanol–water partition coefficient (Wildman–Crippen LogP) is 4.15. The first kappa shape index (κ1) is 13.3. The van der Waals surface area contributed by atoms with Crippen LogP contribution in [0.3, 0.4) is 0 Å². The molecule has 0 fully saturated rings. The molecule has 0 spiro atoms. The highest BCUT2D eigenvalue weighted by molar-refractivity contribution is 6.79. The lowest BCUT2D eigenvalue weighted by atomic mass is 10.3. The molecule has 1 N–H and O–H groups in total. The molecule has 0 aliphatic rings. The number of benzene rings is 1. The van der Waals surface area contributed by atoms with E-state index >= 15 is 0 Å². The molecule has 2 nitrogen and oxygen atoms in total. The zero-order valence-corrected chi connectivity index (χ0v) is 13.2. The third-order valence-electron chi connectivity index (χ3n) is 1.81. The van der Waals surface area contributed by atoms with Gasteiger partial charge in [0, 0.05) is 0 Å². The molecule has 90 valence electrons. The fourth-order valence-electron chi connectivity index (χ4n) is 1.39. The Hall–Kier alpha value is -0.746. The summed E-state index contributed by atoms with van der Waals surface area (Å²) in [6.45, 7) is 13.5. The first-order valence-electron chi connectivity index (χ1n) is 5.74. The second-order valence-corrected chi connectivity index (χ2v) is 15.3. The number of anilines is 1. The maximum Gasteiger partial charge on any atom is 0.242 e. The van der Waals surface area contributed by atoms with Crippen molar-refractivity contribution in [1.29, 1.82) is 0 Å². The van der Waals surface area contributed by atoms with Gasteiger partial charge < -0.3 is 9.41 Å². The molecule has 0 atom stereocenters. The molecule has 0 aromatic heterocycles. The minimum absolute atomic E-state index is 1.00. The van der Waals surface area contributed by atoms with E-state index in [4.69, 9.17) is 4.43 Å². The van der Waals surface area contributed by atoms with Gasteiger partial charge in [-0.2, -0.15) is 0 Å².